The summed E-state index contributed by atoms with van der Waals surface area (Å²) in [6.07, 6.45) is -1.22. The SMILES string of the molecule is CC1(C)N=C(c2nnc3c(F)cccc3n2)c2ccccc2C1F. The van der Waals surface area contributed by atoms with E-state index >= 15 is 0 Å². The van der Waals surface area contributed by atoms with Crippen LogP contribution in [0.5, 0.6) is 0 Å². The van der Waals surface area contributed by atoms with Crippen LogP contribution in [-0.2, 0) is 0 Å². The normalized spacial score (nSPS) is 19.0. The first-order valence-corrected chi connectivity index (χ1v) is 7.60. The van der Waals surface area contributed by atoms with Crippen LogP contribution in [0.1, 0.15) is 37.0 Å². The molecule has 0 bridgehead atoms. The number of rotatable bonds is 1. The van der Waals surface area contributed by atoms with Crippen LogP contribution in [0.2, 0.25) is 0 Å². The Morgan fingerprint density at radius 3 is 2.62 bits per heavy atom. The third-order valence-corrected chi connectivity index (χ3v) is 4.16. The lowest BCUT2D eigenvalue weighted by molar-refractivity contribution is 0.221. The van der Waals surface area contributed by atoms with Crippen LogP contribution >= 0.6 is 0 Å². The highest BCUT2D eigenvalue weighted by Gasteiger charge is 2.38. The quantitative estimate of drug-likeness (QED) is 0.684. The molecule has 0 aliphatic carbocycles. The molecule has 6 heteroatoms. The van der Waals surface area contributed by atoms with E-state index in [-0.39, 0.29) is 11.3 Å². The zero-order valence-electron chi connectivity index (χ0n) is 13.2. The second kappa shape index (κ2) is 5.12. The monoisotopic (exact) mass is 324 g/mol. The fourth-order valence-corrected chi connectivity index (χ4v) is 2.92. The van der Waals surface area contributed by atoms with Gasteiger partial charge in [-0.05, 0) is 31.5 Å². The van der Waals surface area contributed by atoms with E-state index in [0.717, 1.165) is 0 Å². The number of alkyl halides is 1. The minimum atomic E-state index is -1.22. The maximum atomic E-state index is 14.7. The van der Waals surface area contributed by atoms with Crippen LogP contribution < -0.4 is 0 Å². The molecule has 4 nitrogen and oxygen atoms in total. The predicted molar refractivity (Wildman–Crippen MR) is 87.3 cm³/mol. The van der Waals surface area contributed by atoms with E-state index in [1.54, 1.807) is 44.2 Å². The smallest absolute Gasteiger partial charge is 0.201 e. The highest BCUT2D eigenvalue weighted by Crippen LogP contribution is 2.39. The average molecular weight is 324 g/mol. The van der Waals surface area contributed by atoms with Gasteiger partial charge in [-0.3, -0.25) is 4.99 Å². The summed E-state index contributed by atoms with van der Waals surface area (Å²) in [6.45, 7) is 3.45. The Balaban J connectivity index is 1.95. The maximum absolute atomic E-state index is 14.7. The van der Waals surface area contributed by atoms with Gasteiger partial charge in [-0.15, -0.1) is 10.2 Å². The van der Waals surface area contributed by atoms with Crippen LogP contribution in [0.15, 0.2) is 47.5 Å². The molecule has 0 saturated carbocycles. The molecule has 1 aliphatic rings. The number of hydrogen-bond donors (Lipinski definition) is 0. The third kappa shape index (κ3) is 2.18. The van der Waals surface area contributed by atoms with E-state index in [1.807, 2.05) is 6.07 Å². The van der Waals surface area contributed by atoms with E-state index < -0.39 is 17.5 Å². The Morgan fingerprint density at radius 2 is 1.79 bits per heavy atom. The molecule has 0 saturated heterocycles. The Hall–Kier alpha value is -2.76. The summed E-state index contributed by atoms with van der Waals surface area (Å²) in [5, 5.41) is 7.96. The van der Waals surface area contributed by atoms with Crippen LogP contribution in [0, 0.1) is 5.82 Å². The van der Waals surface area contributed by atoms with Crippen molar-refractivity contribution in [2.45, 2.75) is 25.6 Å². The highest BCUT2D eigenvalue weighted by atomic mass is 19.1. The van der Waals surface area contributed by atoms with E-state index in [4.69, 9.17) is 0 Å². The standard InChI is InChI=1S/C18H14F2N4/c1-18(2)16(20)11-7-4-3-6-10(11)14(22-18)17-21-13-9-5-8-12(19)15(13)23-24-17/h3-9,16H,1-2H3. The van der Waals surface area contributed by atoms with Gasteiger partial charge in [-0.25, -0.2) is 13.8 Å². The Labute approximate surface area is 137 Å². The Morgan fingerprint density at radius 1 is 1.00 bits per heavy atom. The molecule has 120 valence electrons. The van der Waals surface area contributed by atoms with Crippen molar-refractivity contribution in [3.8, 4) is 0 Å². The predicted octanol–water partition coefficient (Wildman–Crippen LogP) is 3.80. The van der Waals surface area contributed by atoms with Gasteiger partial charge < -0.3 is 0 Å². The van der Waals surface area contributed by atoms with Crippen molar-refractivity contribution in [3.05, 3.63) is 65.2 Å². The fourth-order valence-electron chi connectivity index (χ4n) is 2.92. The van der Waals surface area contributed by atoms with Crippen LogP contribution in [-0.4, -0.2) is 26.4 Å². The van der Waals surface area contributed by atoms with E-state index in [0.29, 0.717) is 22.4 Å². The van der Waals surface area contributed by atoms with Gasteiger partial charge in [-0.1, -0.05) is 30.3 Å². The summed E-state index contributed by atoms with van der Waals surface area (Å²) < 4.78 is 28.5. The number of halogens is 2. The molecule has 1 aromatic heterocycles. The molecule has 3 aromatic rings. The molecule has 24 heavy (non-hydrogen) atoms. The van der Waals surface area contributed by atoms with Gasteiger partial charge in [-0.2, -0.15) is 0 Å². The summed E-state index contributed by atoms with van der Waals surface area (Å²) in [4.78, 5) is 8.90. The van der Waals surface area contributed by atoms with E-state index in [2.05, 4.69) is 20.2 Å². The summed E-state index contributed by atoms with van der Waals surface area (Å²) in [5.74, 6) is -0.213. The molecule has 1 atom stereocenters. The van der Waals surface area contributed by atoms with Crippen molar-refractivity contribution >= 4 is 16.7 Å². The van der Waals surface area contributed by atoms with Gasteiger partial charge in [0.05, 0.1) is 11.1 Å². The summed E-state index contributed by atoms with van der Waals surface area (Å²) in [7, 11) is 0. The first-order valence-electron chi connectivity index (χ1n) is 7.60. The first kappa shape index (κ1) is 14.8. The number of fused-ring (bicyclic) bond motifs is 2. The number of hydrogen-bond acceptors (Lipinski definition) is 4. The Bertz CT molecular complexity index is 982. The fraction of sp³-hybridized carbons (Fsp3) is 0.222. The number of aromatic nitrogens is 3. The molecule has 0 amide bonds. The van der Waals surface area contributed by atoms with Gasteiger partial charge >= 0.3 is 0 Å². The minimum Gasteiger partial charge on any atom is -0.271 e. The second-order valence-electron chi connectivity index (χ2n) is 6.31. The van der Waals surface area contributed by atoms with E-state index in [9.17, 15) is 8.78 Å². The number of nitrogens with zero attached hydrogens (tertiary/aromatic N) is 4. The van der Waals surface area contributed by atoms with Crippen molar-refractivity contribution < 1.29 is 8.78 Å². The summed E-state index contributed by atoms with van der Waals surface area (Å²) >= 11 is 0. The van der Waals surface area contributed by atoms with Gasteiger partial charge in [0, 0.05) is 5.56 Å². The second-order valence-corrected chi connectivity index (χ2v) is 6.31. The third-order valence-electron chi connectivity index (χ3n) is 4.16. The van der Waals surface area contributed by atoms with Gasteiger partial charge in [0.2, 0.25) is 5.82 Å². The molecule has 4 rings (SSSR count). The van der Waals surface area contributed by atoms with Crippen molar-refractivity contribution in [1.29, 1.82) is 0 Å². The lowest BCUT2D eigenvalue weighted by atomic mass is 9.85. The first-order chi connectivity index (χ1) is 11.5. The van der Waals surface area contributed by atoms with Gasteiger partial charge in [0.1, 0.15) is 11.2 Å². The van der Waals surface area contributed by atoms with Crippen molar-refractivity contribution in [2.75, 3.05) is 0 Å². The minimum absolute atomic E-state index is 0.105. The maximum Gasteiger partial charge on any atom is 0.201 e. The highest BCUT2D eigenvalue weighted by molar-refractivity contribution is 6.12. The number of benzene rings is 2. The number of aliphatic imine (C=N–C) groups is 1. The molecule has 1 aliphatic heterocycles. The Kier molecular flexibility index (Phi) is 3.16. The molecule has 0 fully saturated rings. The largest absolute Gasteiger partial charge is 0.271 e. The van der Waals surface area contributed by atoms with Gasteiger partial charge in [0.25, 0.3) is 0 Å². The molecular weight excluding hydrogens is 310 g/mol. The van der Waals surface area contributed by atoms with Crippen molar-refractivity contribution in [1.82, 2.24) is 15.2 Å². The molecular formula is C18H14F2N4. The molecule has 1 unspecified atom stereocenters. The summed E-state index contributed by atoms with van der Waals surface area (Å²) in [5.41, 5.74) is 1.22. The molecule has 2 aromatic carbocycles. The van der Waals surface area contributed by atoms with E-state index in [1.165, 1.54) is 6.07 Å². The van der Waals surface area contributed by atoms with Crippen molar-refractivity contribution in [2.24, 2.45) is 4.99 Å². The van der Waals surface area contributed by atoms with Gasteiger partial charge in [0.15, 0.2) is 12.0 Å². The zero-order chi connectivity index (χ0) is 16.9. The lowest BCUT2D eigenvalue weighted by Gasteiger charge is -2.32. The molecule has 0 radical (unpaired) electrons. The average Bonchev–Trinajstić information content (AvgIpc) is 2.58. The van der Waals surface area contributed by atoms with Crippen molar-refractivity contribution in [3.63, 3.8) is 0 Å². The van der Waals surface area contributed by atoms with Crippen LogP contribution in [0.3, 0.4) is 0 Å². The summed E-state index contributed by atoms with van der Waals surface area (Å²) in [6, 6.07) is 11.7. The van der Waals surface area contributed by atoms with Crippen LogP contribution in [0.4, 0.5) is 8.78 Å². The topological polar surface area (TPSA) is 51.0 Å². The lowest BCUT2D eigenvalue weighted by Crippen LogP contribution is -2.33. The van der Waals surface area contributed by atoms with Crippen LogP contribution in [0.25, 0.3) is 11.0 Å². The molecule has 0 spiro atoms. The molecule has 2 heterocycles. The zero-order valence-corrected chi connectivity index (χ0v) is 13.2. The molecule has 0 N–H and O–H groups in total.